The van der Waals surface area contributed by atoms with Crippen molar-refractivity contribution >= 4 is 0 Å². The van der Waals surface area contributed by atoms with Crippen molar-refractivity contribution in [1.29, 1.82) is 0 Å². The molecule has 1 aromatic carbocycles. The second-order valence-electron chi connectivity index (χ2n) is 5.70. The van der Waals surface area contributed by atoms with Gasteiger partial charge in [0.25, 0.3) is 0 Å². The zero-order valence-corrected chi connectivity index (χ0v) is 11.8. The lowest BCUT2D eigenvalue weighted by molar-refractivity contribution is -0.0450. The minimum Gasteiger partial charge on any atom is -0.496 e. The van der Waals surface area contributed by atoms with E-state index in [0.29, 0.717) is 11.8 Å². The van der Waals surface area contributed by atoms with Gasteiger partial charge in [-0.05, 0) is 30.7 Å². The number of hydrogen-bond acceptors (Lipinski definition) is 4. The monoisotopic (exact) mass is 278 g/mol. The third-order valence-electron chi connectivity index (χ3n) is 4.47. The van der Waals surface area contributed by atoms with Crippen molar-refractivity contribution < 1.29 is 19.3 Å². The van der Waals surface area contributed by atoms with Crippen LogP contribution in [0, 0.1) is 11.8 Å². The van der Waals surface area contributed by atoms with Gasteiger partial charge in [0.1, 0.15) is 11.9 Å². The first-order chi connectivity index (χ1) is 9.81. The molecule has 1 N–H and O–H groups in total. The fourth-order valence-electron chi connectivity index (χ4n) is 3.43. The smallest absolute Gasteiger partial charge is 0.124 e. The van der Waals surface area contributed by atoms with Crippen molar-refractivity contribution in [2.45, 2.75) is 25.0 Å². The van der Waals surface area contributed by atoms with Crippen LogP contribution < -0.4 is 4.74 Å². The van der Waals surface area contributed by atoms with Crippen LogP contribution in [0.2, 0.25) is 0 Å². The van der Waals surface area contributed by atoms with E-state index in [9.17, 15) is 5.11 Å². The molecular formula is C16H22O4. The Morgan fingerprint density at radius 1 is 1.25 bits per heavy atom. The summed E-state index contributed by atoms with van der Waals surface area (Å²) in [4.78, 5) is 0. The third kappa shape index (κ3) is 2.68. The summed E-state index contributed by atoms with van der Waals surface area (Å²) in [6.07, 6.45) is 1.99. The molecular weight excluding hydrogens is 256 g/mol. The lowest BCUT2D eigenvalue weighted by Gasteiger charge is -2.23. The fourth-order valence-corrected chi connectivity index (χ4v) is 3.43. The Hall–Kier alpha value is -1.10. The number of methoxy groups -OCH3 is 1. The lowest BCUT2D eigenvalue weighted by Crippen LogP contribution is -2.18. The van der Waals surface area contributed by atoms with Crippen LogP contribution in [-0.2, 0) is 9.47 Å². The Kier molecular flexibility index (Phi) is 4.24. The Morgan fingerprint density at radius 3 is 2.60 bits per heavy atom. The van der Waals surface area contributed by atoms with E-state index in [1.165, 1.54) is 0 Å². The first kappa shape index (κ1) is 13.9. The average molecular weight is 278 g/mol. The maximum atomic E-state index is 9.66. The van der Waals surface area contributed by atoms with Crippen LogP contribution in [0.3, 0.4) is 0 Å². The van der Waals surface area contributed by atoms with E-state index < -0.39 is 0 Å². The Morgan fingerprint density at radius 2 is 1.95 bits per heavy atom. The molecule has 3 rings (SSSR count). The van der Waals surface area contributed by atoms with Gasteiger partial charge in [0.2, 0.25) is 0 Å². The van der Waals surface area contributed by atoms with Gasteiger partial charge < -0.3 is 19.3 Å². The average Bonchev–Trinajstić information content (AvgIpc) is 3.05. The summed E-state index contributed by atoms with van der Waals surface area (Å²) >= 11 is 0. The highest BCUT2D eigenvalue weighted by molar-refractivity contribution is 5.35. The van der Waals surface area contributed by atoms with Crippen LogP contribution in [-0.4, -0.2) is 38.1 Å². The Balaban J connectivity index is 1.68. The Bertz CT molecular complexity index is 436. The van der Waals surface area contributed by atoms with Gasteiger partial charge in [-0.3, -0.25) is 0 Å². The molecule has 4 heteroatoms. The minimum atomic E-state index is -0.309. The molecule has 2 fully saturated rings. The molecule has 20 heavy (non-hydrogen) atoms. The molecule has 1 aliphatic carbocycles. The number of benzene rings is 1. The summed E-state index contributed by atoms with van der Waals surface area (Å²) in [5.41, 5.74) is 0.922. The van der Waals surface area contributed by atoms with Crippen molar-refractivity contribution in [2.24, 2.45) is 11.8 Å². The number of para-hydroxylation sites is 1. The van der Waals surface area contributed by atoms with E-state index in [4.69, 9.17) is 14.2 Å². The molecule has 2 aliphatic rings. The van der Waals surface area contributed by atoms with Crippen LogP contribution in [0.4, 0.5) is 0 Å². The van der Waals surface area contributed by atoms with Crippen molar-refractivity contribution in [3.8, 4) is 5.75 Å². The third-order valence-corrected chi connectivity index (χ3v) is 4.47. The molecule has 0 spiro atoms. The van der Waals surface area contributed by atoms with Crippen molar-refractivity contribution in [3.63, 3.8) is 0 Å². The number of aliphatic hydroxyl groups is 1. The first-order valence-electron chi connectivity index (χ1n) is 7.28. The molecule has 1 aliphatic heterocycles. The highest BCUT2D eigenvalue weighted by Gasteiger charge is 2.39. The molecule has 1 saturated heterocycles. The summed E-state index contributed by atoms with van der Waals surface area (Å²) in [6, 6.07) is 7.73. The highest BCUT2D eigenvalue weighted by atomic mass is 16.5. The SMILES string of the molecule is COc1ccccc1[C@H](CO)OC1CC2COCC2C1. The van der Waals surface area contributed by atoms with Crippen LogP contribution >= 0.6 is 0 Å². The fraction of sp³-hybridized carbons (Fsp3) is 0.625. The van der Waals surface area contributed by atoms with E-state index in [2.05, 4.69) is 0 Å². The number of ether oxygens (including phenoxy) is 3. The molecule has 1 heterocycles. The zero-order valence-electron chi connectivity index (χ0n) is 11.8. The van der Waals surface area contributed by atoms with Crippen molar-refractivity contribution in [1.82, 2.24) is 0 Å². The largest absolute Gasteiger partial charge is 0.496 e. The second-order valence-corrected chi connectivity index (χ2v) is 5.70. The van der Waals surface area contributed by atoms with E-state index in [-0.39, 0.29) is 18.8 Å². The first-order valence-corrected chi connectivity index (χ1v) is 7.28. The number of rotatable bonds is 5. The van der Waals surface area contributed by atoms with E-state index >= 15 is 0 Å². The maximum Gasteiger partial charge on any atom is 0.124 e. The standard InChI is InChI=1S/C16H22O4/c1-18-15-5-3-2-4-14(15)16(8-17)20-13-6-11-9-19-10-12(11)7-13/h2-5,11-13,16-17H,6-10H2,1H3/t11?,12?,13?,16-/m0/s1. The predicted molar refractivity (Wildman–Crippen MR) is 74.7 cm³/mol. The molecule has 110 valence electrons. The van der Waals surface area contributed by atoms with Gasteiger partial charge in [0.15, 0.2) is 0 Å². The molecule has 1 aromatic rings. The summed E-state index contributed by atoms with van der Waals surface area (Å²) in [7, 11) is 1.64. The molecule has 0 aromatic heterocycles. The van der Waals surface area contributed by atoms with E-state index in [1.807, 2.05) is 24.3 Å². The number of hydrogen-bond donors (Lipinski definition) is 1. The minimum absolute atomic E-state index is 0.0251. The lowest BCUT2D eigenvalue weighted by atomic mass is 10.0. The molecule has 2 unspecified atom stereocenters. The molecule has 0 amide bonds. The van der Waals surface area contributed by atoms with Gasteiger partial charge in [-0.2, -0.15) is 0 Å². The van der Waals surface area contributed by atoms with E-state index in [0.717, 1.165) is 37.4 Å². The topological polar surface area (TPSA) is 47.9 Å². The van der Waals surface area contributed by atoms with Crippen LogP contribution in [0.1, 0.15) is 24.5 Å². The summed E-state index contributed by atoms with van der Waals surface area (Å²) in [5, 5.41) is 9.66. The maximum absolute atomic E-state index is 9.66. The number of aliphatic hydroxyl groups excluding tert-OH is 1. The van der Waals surface area contributed by atoms with Gasteiger partial charge in [0.05, 0.1) is 19.8 Å². The number of fused-ring (bicyclic) bond motifs is 1. The van der Waals surface area contributed by atoms with Gasteiger partial charge in [0, 0.05) is 18.8 Å². The summed E-state index contributed by atoms with van der Waals surface area (Å²) in [6.45, 7) is 1.70. The normalized spacial score (nSPS) is 30.2. The predicted octanol–water partition coefficient (Wildman–Crippen LogP) is 2.17. The highest BCUT2D eigenvalue weighted by Crippen LogP contribution is 2.40. The van der Waals surface area contributed by atoms with Gasteiger partial charge in [-0.25, -0.2) is 0 Å². The van der Waals surface area contributed by atoms with Crippen LogP contribution in [0.15, 0.2) is 24.3 Å². The molecule has 0 radical (unpaired) electrons. The van der Waals surface area contributed by atoms with E-state index in [1.54, 1.807) is 7.11 Å². The van der Waals surface area contributed by atoms with Crippen LogP contribution in [0.25, 0.3) is 0 Å². The van der Waals surface area contributed by atoms with Gasteiger partial charge in [-0.15, -0.1) is 0 Å². The van der Waals surface area contributed by atoms with Crippen molar-refractivity contribution in [3.05, 3.63) is 29.8 Å². The van der Waals surface area contributed by atoms with Gasteiger partial charge >= 0.3 is 0 Å². The molecule has 4 nitrogen and oxygen atoms in total. The quantitative estimate of drug-likeness (QED) is 0.896. The van der Waals surface area contributed by atoms with Gasteiger partial charge in [-0.1, -0.05) is 18.2 Å². The second kappa shape index (κ2) is 6.12. The molecule has 3 atom stereocenters. The zero-order chi connectivity index (χ0) is 13.9. The summed E-state index contributed by atoms with van der Waals surface area (Å²) < 4.78 is 17.0. The molecule has 1 saturated carbocycles. The van der Waals surface area contributed by atoms with Crippen LogP contribution in [0.5, 0.6) is 5.75 Å². The van der Waals surface area contributed by atoms with Crippen molar-refractivity contribution in [2.75, 3.05) is 26.9 Å². The Labute approximate surface area is 119 Å². The molecule has 0 bridgehead atoms. The summed E-state index contributed by atoms with van der Waals surface area (Å²) in [5.74, 6) is 2.04.